The summed E-state index contributed by atoms with van der Waals surface area (Å²) in [7, 11) is 0. The van der Waals surface area contributed by atoms with Crippen LogP contribution in [0, 0.1) is 11.8 Å². The lowest BCUT2D eigenvalue weighted by molar-refractivity contribution is -0.133. The summed E-state index contributed by atoms with van der Waals surface area (Å²) in [5, 5.41) is 2.99. The molecule has 2 aromatic carbocycles. The van der Waals surface area contributed by atoms with Crippen molar-refractivity contribution in [2.45, 2.75) is 32.2 Å². The van der Waals surface area contributed by atoms with E-state index in [0.717, 1.165) is 6.42 Å². The zero-order chi connectivity index (χ0) is 20.8. The topological polar surface area (TPSA) is 75.4 Å². The minimum Gasteiger partial charge on any atom is -0.340 e. The summed E-state index contributed by atoms with van der Waals surface area (Å²) >= 11 is 0. The second kappa shape index (κ2) is 11.1. The quantitative estimate of drug-likeness (QED) is 0.707. The van der Waals surface area contributed by atoms with Crippen molar-refractivity contribution in [2.24, 2.45) is 17.6 Å². The molecule has 0 aromatic heterocycles. The lowest BCUT2D eigenvalue weighted by Crippen LogP contribution is -2.51. The van der Waals surface area contributed by atoms with Crippen LogP contribution in [-0.4, -0.2) is 42.4 Å². The molecule has 162 valence electrons. The first-order chi connectivity index (χ1) is 14.0. The van der Waals surface area contributed by atoms with Gasteiger partial charge in [-0.15, -0.1) is 12.4 Å². The number of halogens is 1. The minimum absolute atomic E-state index is 0. The van der Waals surface area contributed by atoms with E-state index in [1.807, 2.05) is 55.1 Å². The molecule has 2 aromatic rings. The first kappa shape index (κ1) is 23.9. The Bertz CT molecular complexity index is 816. The number of nitrogens with zero attached hydrogens (tertiary/aromatic N) is 1. The van der Waals surface area contributed by atoms with Crippen LogP contribution >= 0.6 is 12.4 Å². The molecule has 30 heavy (non-hydrogen) atoms. The monoisotopic (exact) mass is 429 g/mol. The van der Waals surface area contributed by atoms with Gasteiger partial charge in [-0.2, -0.15) is 0 Å². The number of nitrogens with one attached hydrogen (secondary N) is 1. The van der Waals surface area contributed by atoms with Gasteiger partial charge in [0.1, 0.15) is 6.04 Å². The molecule has 1 saturated heterocycles. The fourth-order valence-electron chi connectivity index (χ4n) is 4.06. The molecule has 1 aliphatic heterocycles. The van der Waals surface area contributed by atoms with Crippen LogP contribution in [0.25, 0.3) is 0 Å². The smallest absolute Gasteiger partial charge is 0.251 e. The van der Waals surface area contributed by atoms with Crippen molar-refractivity contribution in [1.29, 1.82) is 0 Å². The highest BCUT2D eigenvalue weighted by Gasteiger charge is 2.39. The maximum atomic E-state index is 13.4. The van der Waals surface area contributed by atoms with Crippen LogP contribution in [-0.2, 0) is 4.79 Å². The molecular formula is C24H32ClN3O2. The predicted molar refractivity (Wildman–Crippen MR) is 123 cm³/mol. The summed E-state index contributed by atoms with van der Waals surface area (Å²) in [4.78, 5) is 28.0. The average molecular weight is 430 g/mol. The van der Waals surface area contributed by atoms with E-state index in [-0.39, 0.29) is 42.0 Å². The van der Waals surface area contributed by atoms with Crippen LogP contribution in [0.5, 0.6) is 0 Å². The van der Waals surface area contributed by atoms with Gasteiger partial charge in [0.15, 0.2) is 0 Å². The van der Waals surface area contributed by atoms with E-state index in [1.165, 1.54) is 5.56 Å². The van der Waals surface area contributed by atoms with Crippen LogP contribution < -0.4 is 11.1 Å². The third-order valence-electron chi connectivity index (χ3n) is 6.08. The molecule has 0 radical (unpaired) electrons. The number of amides is 2. The van der Waals surface area contributed by atoms with Crippen LogP contribution in [0.2, 0.25) is 0 Å². The van der Waals surface area contributed by atoms with Crippen molar-refractivity contribution in [3.8, 4) is 0 Å². The maximum Gasteiger partial charge on any atom is 0.251 e. The van der Waals surface area contributed by atoms with Gasteiger partial charge < -0.3 is 16.0 Å². The van der Waals surface area contributed by atoms with Crippen molar-refractivity contribution >= 4 is 24.2 Å². The second-order valence-corrected chi connectivity index (χ2v) is 7.96. The number of likely N-dealkylation sites (tertiary alicyclic amines) is 1. The summed E-state index contributed by atoms with van der Waals surface area (Å²) in [6.45, 7) is 5.85. The van der Waals surface area contributed by atoms with Gasteiger partial charge >= 0.3 is 0 Å². The highest BCUT2D eigenvalue weighted by Crippen LogP contribution is 2.32. The third kappa shape index (κ3) is 5.41. The first-order valence-corrected chi connectivity index (χ1v) is 10.4. The molecule has 3 N–H and O–H groups in total. The lowest BCUT2D eigenvalue weighted by Gasteiger charge is -2.28. The van der Waals surface area contributed by atoms with Crippen LogP contribution in [0.3, 0.4) is 0 Å². The van der Waals surface area contributed by atoms with Crippen LogP contribution in [0.15, 0.2) is 60.7 Å². The summed E-state index contributed by atoms with van der Waals surface area (Å²) in [5.74, 6) is 0.275. The molecule has 0 aliphatic carbocycles. The largest absolute Gasteiger partial charge is 0.340 e. The van der Waals surface area contributed by atoms with Gasteiger partial charge in [-0.3, -0.25) is 9.59 Å². The molecule has 3 rings (SSSR count). The van der Waals surface area contributed by atoms with Crippen LogP contribution in [0.1, 0.15) is 42.1 Å². The molecule has 0 bridgehead atoms. The maximum absolute atomic E-state index is 13.4. The summed E-state index contributed by atoms with van der Waals surface area (Å²) in [6, 6.07) is 18.8. The normalized spacial score (nSPS) is 20.2. The average Bonchev–Trinajstić information content (AvgIpc) is 3.22. The predicted octanol–water partition coefficient (Wildman–Crippen LogP) is 3.45. The summed E-state index contributed by atoms with van der Waals surface area (Å²) in [5.41, 5.74) is 7.82. The van der Waals surface area contributed by atoms with E-state index >= 15 is 0 Å². The van der Waals surface area contributed by atoms with Gasteiger partial charge in [-0.1, -0.05) is 68.8 Å². The van der Waals surface area contributed by atoms with Gasteiger partial charge in [0.05, 0.1) is 0 Å². The Morgan fingerprint density at radius 1 is 1.07 bits per heavy atom. The molecule has 6 heteroatoms. The van der Waals surface area contributed by atoms with E-state index in [2.05, 4.69) is 17.4 Å². The van der Waals surface area contributed by atoms with Crippen molar-refractivity contribution in [3.05, 3.63) is 71.8 Å². The zero-order valence-corrected chi connectivity index (χ0v) is 18.5. The molecule has 2 unspecified atom stereocenters. The Kier molecular flexibility index (Phi) is 8.88. The minimum atomic E-state index is -0.541. The molecule has 1 fully saturated rings. The summed E-state index contributed by atoms with van der Waals surface area (Å²) in [6.07, 6.45) is 0.807. The van der Waals surface area contributed by atoms with Gasteiger partial charge in [0.2, 0.25) is 5.91 Å². The van der Waals surface area contributed by atoms with Crippen molar-refractivity contribution in [1.82, 2.24) is 10.2 Å². The van der Waals surface area contributed by atoms with Crippen LogP contribution in [0.4, 0.5) is 0 Å². The van der Waals surface area contributed by atoms with E-state index in [9.17, 15) is 9.59 Å². The van der Waals surface area contributed by atoms with E-state index < -0.39 is 6.04 Å². The van der Waals surface area contributed by atoms with Gasteiger partial charge in [0, 0.05) is 24.6 Å². The Morgan fingerprint density at radius 3 is 2.23 bits per heavy atom. The number of hydrogen-bond acceptors (Lipinski definition) is 3. The molecule has 1 aliphatic rings. The van der Waals surface area contributed by atoms with E-state index in [4.69, 9.17) is 5.73 Å². The molecule has 0 spiro atoms. The molecule has 4 atom stereocenters. The van der Waals surface area contributed by atoms with Gasteiger partial charge in [0.25, 0.3) is 5.91 Å². The van der Waals surface area contributed by atoms with Gasteiger partial charge in [-0.25, -0.2) is 0 Å². The Balaban J connectivity index is 0.00000320. The standard InChI is InChI=1S/C24H31N3O2.ClH/c1-3-17(2)22(26-23(28)19-12-8-5-9-13-19)24(29)27-15-20(14-25)21(16-27)18-10-6-4-7-11-18;/h4-13,17,20-22H,3,14-16,25H2,1-2H3,(H,26,28);1H/t17?,20-,21+,22?;/m1./s1. The zero-order valence-electron chi connectivity index (χ0n) is 17.7. The fourth-order valence-corrected chi connectivity index (χ4v) is 4.06. The molecule has 2 amide bonds. The Hall–Kier alpha value is -2.37. The van der Waals surface area contributed by atoms with Gasteiger partial charge in [-0.05, 0) is 36.1 Å². The number of rotatable bonds is 7. The van der Waals surface area contributed by atoms with Crippen molar-refractivity contribution in [2.75, 3.05) is 19.6 Å². The lowest BCUT2D eigenvalue weighted by atomic mass is 9.89. The highest BCUT2D eigenvalue weighted by atomic mass is 35.5. The van der Waals surface area contributed by atoms with Crippen molar-refractivity contribution < 1.29 is 9.59 Å². The SMILES string of the molecule is CCC(C)C(NC(=O)c1ccccc1)C(=O)N1C[C@@H](CN)[C@H](c2ccccc2)C1.Cl. The Labute approximate surface area is 185 Å². The van der Waals surface area contributed by atoms with Crippen molar-refractivity contribution in [3.63, 3.8) is 0 Å². The fraction of sp³-hybridized carbons (Fsp3) is 0.417. The number of carbonyl (C=O) groups excluding carboxylic acids is 2. The molecule has 5 nitrogen and oxygen atoms in total. The highest BCUT2D eigenvalue weighted by molar-refractivity contribution is 5.97. The second-order valence-electron chi connectivity index (χ2n) is 7.96. The molecular weight excluding hydrogens is 398 g/mol. The molecule has 1 heterocycles. The first-order valence-electron chi connectivity index (χ1n) is 10.4. The third-order valence-corrected chi connectivity index (χ3v) is 6.08. The number of benzene rings is 2. The number of nitrogens with two attached hydrogens (primary N) is 1. The number of hydrogen-bond donors (Lipinski definition) is 2. The Morgan fingerprint density at radius 2 is 1.67 bits per heavy atom. The van der Waals surface area contributed by atoms with E-state index in [1.54, 1.807) is 12.1 Å². The van der Waals surface area contributed by atoms with E-state index in [0.29, 0.717) is 25.2 Å². The molecule has 0 saturated carbocycles. The number of carbonyl (C=O) groups is 2. The summed E-state index contributed by atoms with van der Waals surface area (Å²) < 4.78 is 0.